The molecule has 1 atom stereocenters. The van der Waals surface area contributed by atoms with Crippen LogP contribution in [-0.2, 0) is 0 Å². The smallest absolute Gasteiger partial charge is 0.0726 e. The molecule has 1 unspecified atom stereocenters. The third-order valence-electron chi connectivity index (χ3n) is 6.85. The number of para-hydroxylation sites is 1. The maximum Gasteiger partial charge on any atom is 0.0726 e. The molecule has 0 radical (unpaired) electrons. The Kier molecular flexibility index (Phi) is 6.38. The van der Waals surface area contributed by atoms with Crippen LogP contribution in [0.4, 0.5) is 5.69 Å². The van der Waals surface area contributed by atoms with Gasteiger partial charge in [0.2, 0.25) is 0 Å². The number of aliphatic hydroxyl groups is 1. The molecular formula is C24H36N4O. The van der Waals surface area contributed by atoms with Crippen molar-refractivity contribution in [1.29, 1.82) is 0 Å². The Hall–Kier alpha value is -1.69. The highest BCUT2D eigenvalue weighted by Crippen LogP contribution is 2.31. The second-order valence-corrected chi connectivity index (χ2v) is 9.01. The lowest BCUT2D eigenvalue weighted by Crippen LogP contribution is -2.59. The van der Waals surface area contributed by atoms with Crippen molar-refractivity contribution in [3.8, 4) is 0 Å². The fourth-order valence-corrected chi connectivity index (χ4v) is 5.26. The minimum Gasteiger partial charge on any atom is -0.396 e. The number of piperazine rings is 1. The second kappa shape index (κ2) is 8.99. The molecule has 5 heteroatoms. The first-order valence-corrected chi connectivity index (χ1v) is 11.3. The van der Waals surface area contributed by atoms with Gasteiger partial charge in [-0.25, -0.2) is 0 Å². The van der Waals surface area contributed by atoms with E-state index in [1.165, 1.54) is 37.0 Å². The van der Waals surface area contributed by atoms with E-state index >= 15 is 0 Å². The van der Waals surface area contributed by atoms with Gasteiger partial charge >= 0.3 is 0 Å². The average Bonchev–Trinajstić information content (AvgIpc) is 2.73. The fraction of sp³-hybridized carbons (Fsp3) is 0.625. The van der Waals surface area contributed by atoms with Gasteiger partial charge in [-0.3, -0.25) is 9.88 Å². The summed E-state index contributed by atoms with van der Waals surface area (Å²) < 4.78 is 0. The molecule has 3 heterocycles. The molecule has 4 rings (SSSR count). The standard InChI is InChI=1S/C24H36N4O/c1-18(2)26-11-8-20(9-12-26)28-14-13-27(17-21(28)10-15-29)24-16-19(3)25-23-7-5-4-6-22(23)24/h4-7,16,18,20-21,29H,8-15,17H2,1-3H3. The van der Waals surface area contributed by atoms with Crippen molar-refractivity contribution in [3.63, 3.8) is 0 Å². The first-order valence-electron chi connectivity index (χ1n) is 11.3. The normalized spacial score (nSPS) is 22.7. The number of aryl methyl sites for hydroxylation is 1. The summed E-state index contributed by atoms with van der Waals surface area (Å²) >= 11 is 0. The predicted octanol–water partition coefficient (Wildman–Crippen LogP) is 3.29. The van der Waals surface area contributed by atoms with Crippen LogP contribution in [0.15, 0.2) is 30.3 Å². The maximum absolute atomic E-state index is 9.76. The molecule has 2 aliphatic rings. The lowest BCUT2D eigenvalue weighted by molar-refractivity contribution is 0.0464. The number of piperidine rings is 1. The highest BCUT2D eigenvalue weighted by atomic mass is 16.3. The SMILES string of the molecule is Cc1cc(N2CCN(C3CCN(C(C)C)CC3)C(CCO)C2)c2ccccc2n1. The third-order valence-corrected chi connectivity index (χ3v) is 6.85. The zero-order chi connectivity index (χ0) is 20.4. The van der Waals surface area contributed by atoms with Gasteiger partial charge in [0.05, 0.1) is 5.52 Å². The van der Waals surface area contributed by atoms with E-state index in [1.807, 2.05) is 0 Å². The van der Waals surface area contributed by atoms with Crippen molar-refractivity contribution in [2.24, 2.45) is 0 Å². The number of fused-ring (bicyclic) bond motifs is 1. The fourth-order valence-electron chi connectivity index (χ4n) is 5.26. The molecule has 0 amide bonds. The van der Waals surface area contributed by atoms with Gasteiger partial charge in [0.1, 0.15) is 0 Å². The molecule has 0 spiro atoms. The van der Waals surface area contributed by atoms with Gasteiger partial charge in [-0.2, -0.15) is 0 Å². The number of hydrogen-bond acceptors (Lipinski definition) is 5. The summed E-state index contributed by atoms with van der Waals surface area (Å²) in [5.74, 6) is 0. The van der Waals surface area contributed by atoms with Crippen LogP contribution in [0.5, 0.6) is 0 Å². The van der Waals surface area contributed by atoms with Gasteiger partial charge in [-0.1, -0.05) is 18.2 Å². The number of likely N-dealkylation sites (tertiary alicyclic amines) is 1. The second-order valence-electron chi connectivity index (χ2n) is 9.01. The molecule has 2 aromatic rings. The molecular weight excluding hydrogens is 360 g/mol. The molecule has 2 aliphatic heterocycles. The van der Waals surface area contributed by atoms with Crippen molar-refractivity contribution < 1.29 is 5.11 Å². The summed E-state index contributed by atoms with van der Waals surface area (Å²) in [6, 6.07) is 12.4. The van der Waals surface area contributed by atoms with Crippen molar-refractivity contribution in [1.82, 2.24) is 14.8 Å². The van der Waals surface area contributed by atoms with Gasteiger partial charge in [0.25, 0.3) is 0 Å². The first-order chi connectivity index (χ1) is 14.1. The van der Waals surface area contributed by atoms with Crippen LogP contribution in [-0.4, -0.2) is 77.3 Å². The number of pyridine rings is 1. The molecule has 2 fully saturated rings. The Morgan fingerprint density at radius 1 is 1.10 bits per heavy atom. The van der Waals surface area contributed by atoms with Crippen LogP contribution in [0.2, 0.25) is 0 Å². The number of hydrogen-bond donors (Lipinski definition) is 1. The Labute approximate surface area is 175 Å². The van der Waals surface area contributed by atoms with E-state index < -0.39 is 0 Å². The summed E-state index contributed by atoms with van der Waals surface area (Å²) in [4.78, 5) is 12.5. The minimum absolute atomic E-state index is 0.260. The Morgan fingerprint density at radius 3 is 2.59 bits per heavy atom. The molecule has 0 bridgehead atoms. The summed E-state index contributed by atoms with van der Waals surface area (Å²) in [6.45, 7) is 12.4. The number of anilines is 1. The zero-order valence-corrected chi connectivity index (χ0v) is 18.2. The molecule has 0 saturated carbocycles. The number of nitrogens with zero attached hydrogens (tertiary/aromatic N) is 4. The molecule has 158 valence electrons. The molecule has 0 aliphatic carbocycles. The lowest BCUT2D eigenvalue weighted by Gasteiger charge is -2.48. The molecule has 1 aromatic heterocycles. The summed E-state index contributed by atoms with van der Waals surface area (Å²) in [6.07, 6.45) is 3.34. The van der Waals surface area contributed by atoms with Gasteiger partial charge in [0, 0.05) is 61.1 Å². The predicted molar refractivity (Wildman–Crippen MR) is 121 cm³/mol. The van der Waals surface area contributed by atoms with Gasteiger partial charge in [0.15, 0.2) is 0 Å². The zero-order valence-electron chi connectivity index (χ0n) is 18.2. The van der Waals surface area contributed by atoms with E-state index in [2.05, 4.69) is 65.8 Å². The third kappa shape index (κ3) is 4.42. The van der Waals surface area contributed by atoms with Gasteiger partial charge < -0.3 is 14.9 Å². The van der Waals surface area contributed by atoms with Crippen molar-refractivity contribution in [2.75, 3.05) is 44.2 Å². The van der Waals surface area contributed by atoms with Crippen LogP contribution in [0.3, 0.4) is 0 Å². The molecule has 5 nitrogen and oxygen atoms in total. The topological polar surface area (TPSA) is 42.8 Å². The Bertz CT molecular complexity index is 816. The Balaban J connectivity index is 1.52. The van der Waals surface area contributed by atoms with Crippen LogP contribution < -0.4 is 4.90 Å². The Morgan fingerprint density at radius 2 is 1.86 bits per heavy atom. The van der Waals surface area contributed by atoms with Gasteiger partial charge in [-0.05, 0) is 65.3 Å². The van der Waals surface area contributed by atoms with E-state index in [0.717, 1.165) is 37.3 Å². The van der Waals surface area contributed by atoms with E-state index in [9.17, 15) is 5.11 Å². The minimum atomic E-state index is 0.260. The van der Waals surface area contributed by atoms with E-state index in [0.29, 0.717) is 18.1 Å². The summed E-state index contributed by atoms with van der Waals surface area (Å²) in [5, 5.41) is 11.0. The summed E-state index contributed by atoms with van der Waals surface area (Å²) in [7, 11) is 0. The van der Waals surface area contributed by atoms with Crippen LogP contribution in [0, 0.1) is 6.92 Å². The molecule has 29 heavy (non-hydrogen) atoms. The number of aromatic nitrogens is 1. The number of rotatable bonds is 5. The molecule has 1 aromatic carbocycles. The van der Waals surface area contributed by atoms with Crippen molar-refractivity contribution in [2.45, 2.75) is 58.2 Å². The largest absolute Gasteiger partial charge is 0.396 e. The number of aliphatic hydroxyl groups excluding tert-OH is 1. The van der Waals surface area contributed by atoms with E-state index in [1.54, 1.807) is 0 Å². The maximum atomic E-state index is 9.76. The first kappa shape index (κ1) is 20.6. The van der Waals surface area contributed by atoms with E-state index in [4.69, 9.17) is 4.98 Å². The monoisotopic (exact) mass is 396 g/mol. The highest BCUT2D eigenvalue weighted by Gasteiger charge is 2.34. The molecule has 2 saturated heterocycles. The quantitative estimate of drug-likeness (QED) is 0.840. The van der Waals surface area contributed by atoms with Crippen LogP contribution in [0.25, 0.3) is 10.9 Å². The van der Waals surface area contributed by atoms with E-state index in [-0.39, 0.29) is 6.61 Å². The van der Waals surface area contributed by atoms with Gasteiger partial charge in [-0.15, -0.1) is 0 Å². The van der Waals surface area contributed by atoms with Crippen molar-refractivity contribution in [3.05, 3.63) is 36.0 Å². The number of benzene rings is 1. The lowest BCUT2D eigenvalue weighted by atomic mass is 9.97. The summed E-state index contributed by atoms with van der Waals surface area (Å²) in [5.41, 5.74) is 3.44. The van der Waals surface area contributed by atoms with Crippen LogP contribution in [0.1, 0.15) is 38.8 Å². The highest BCUT2D eigenvalue weighted by molar-refractivity contribution is 5.92. The van der Waals surface area contributed by atoms with Crippen LogP contribution >= 0.6 is 0 Å². The van der Waals surface area contributed by atoms with Crippen molar-refractivity contribution >= 4 is 16.6 Å². The average molecular weight is 397 g/mol. The molecule has 1 N–H and O–H groups in total.